The van der Waals surface area contributed by atoms with Crippen molar-refractivity contribution >= 4 is 19.7 Å². The molecule has 1 unspecified atom stereocenters. The van der Waals surface area contributed by atoms with Gasteiger partial charge in [-0.2, -0.15) is 0 Å². The molecule has 0 aliphatic heterocycles. The number of primary amides is 1. The zero-order valence-corrected chi connectivity index (χ0v) is 9.20. The molecule has 0 saturated carbocycles. The van der Waals surface area contributed by atoms with Crippen molar-refractivity contribution in [2.45, 2.75) is 6.42 Å². The van der Waals surface area contributed by atoms with Gasteiger partial charge in [0.2, 0.25) is 12.3 Å². The Bertz CT molecular complexity index is 299. The maximum atomic E-state index is 11.1. The van der Waals surface area contributed by atoms with E-state index in [1.807, 2.05) is 0 Å². The van der Waals surface area contributed by atoms with E-state index in [2.05, 4.69) is 4.74 Å². The van der Waals surface area contributed by atoms with Crippen LogP contribution in [0.25, 0.3) is 0 Å². The number of methoxy groups -OCH3 is 1. The van der Waals surface area contributed by atoms with E-state index in [9.17, 15) is 14.2 Å². The number of hydrogen-bond acceptors (Lipinski definition) is 5. The molecule has 0 aliphatic rings. The van der Waals surface area contributed by atoms with Crippen LogP contribution in [-0.4, -0.2) is 36.6 Å². The van der Waals surface area contributed by atoms with E-state index in [4.69, 9.17) is 10.8 Å². The minimum absolute atomic E-state index is 0.0174. The predicted octanol–water partition coefficient (Wildman–Crippen LogP) is -0.262. The fourth-order valence-electron chi connectivity index (χ4n) is 0.816. The van der Waals surface area contributed by atoms with E-state index in [0.29, 0.717) is 0 Å². The second kappa shape index (κ2) is 7.09. The number of hydrogen-bond donors (Lipinski definition) is 2. The van der Waals surface area contributed by atoms with Crippen LogP contribution in [0.2, 0.25) is 0 Å². The molecule has 0 aromatic rings. The van der Waals surface area contributed by atoms with Gasteiger partial charge >= 0.3 is 13.8 Å². The molecule has 0 fully saturated rings. The third kappa shape index (κ3) is 5.93. The van der Waals surface area contributed by atoms with E-state index in [1.54, 1.807) is 0 Å². The number of nitrogens with two attached hydrogens (primary N) is 1. The van der Waals surface area contributed by atoms with Crippen molar-refractivity contribution in [3.8, 4) is 0 Å². The molecule has 3 N–H and O–H groups in total. The number of rotatable bonds is 6. The average Bonchev–Trinajstić information content (AvgIpc) is 2.21. The van der Waals surface area contributed by atoms with Crippen LogP contribution in [0, 0.1) is 0 Å². The van der Waals surface area contributed by atoms with Gasteiger partial charge in [0.15, 0.2) is 6.16 Å². The van der Waals surface area contributed by atoms with Crippen molar-refractivity contribution in [3.63, 3.8) is 0 Å². The van der Waals surface area contributed by atoms with Gasteiger partial charge in [-0.1, -0.05) is 4.57 Å². The van der Waals surface area contributed by atoms with Crippen molar-refractivity contribution in [2.75, 3.05) is 19.6 Å². The standard InChI is InChI=1S/C8H12NO5P/c1-14-8(12)6(4-7(9)11)2-3-15(13)5-10/h2,10H,3-5H2,1H3,(H-,9,11)/p+1. The molecule has 0 aliphatic carbocycles. The van der Waals surface area contributed by atoms with Gasteiger partial charge in [0.05, 0.1) is 13.5 Å². The molecule has 0 aromatic carbocycles. The summed E-state index contributed by atoms with van der Waals surface area (Å²) < 4.78 is 15.3. The first-order valence-electron chi connectivity index (χ1n) is 4.09. The van der Waals surface area contributed by atoms with Crippen LogP contribution in [-0.2, 0) is 18.9 Å². The Labute approximate surface area is 87.9 Å². The van der Waals surface area contributed by atoms with Crippen LogP contribution in [0.3, 0.4) is 0 Å². The lowest BCUT2D eigenvalue weighted by Crippen LogP contribution is -2.16. The zero-order valence-electron chi connectivity index (χ0n) is 8.30. The number of aliphatic hydroxyl groups excluding tert-OH is 1. The summed E-state index contributed by atoms with van der Waals surface area (Å²) in [5, 5.41) is 8.50. The highest BCUT2D eigenvalue weighted by Gasteiger charge is 2.16. The molecule has 84 valence electrons. The monoisotopic (exact) mass is 234 g/mol. The highest BCUT2D eigenvalue weighted by molar-refractivity contribution is 7.44. The van der Waals surface area contributed by atoms with Crippen LogP contribution in [0.1, 0.15) is 6.42 Å². The normalized spacial score (nSPS) is 12.1. The quantitative estimate of drug-likeness (QED) is 0.374. The van der Waals surface area contributed by atoms with E-state index < -0.39 is 26.0 Å². The molecule has 0 bridgehead atoms. The Balaban J connectivity index is 4.54. The Morgan fingerprint density at radius 2 is 2.13 bits per heavy atom. The largest absolute Gasteiger partial charge is 0.466 e. The molecule has 0 heterocycles. The SMILES string of the molecule is COC(=O)C(=CC[P+](=O)CO)CC(N)=O. The smallest absolute Gasteiger partial charge is 0.370 e. The van der Waals surface area contributed by atoms with E-state index >= 15 is 0 Å². The summed E-state index contributed by atoms with van der Waals surface area (Å²) in [5.41, 5.74) is 4.97. The molecule has 0 radical (unpaired) electrons. The summed E-state index contributed by atoms with van der Waals surface area (Å²) in [6.07, 6.45) is 0.590. The second-order valence-corrected chi connectivity index (χ2v) is 4.28. The zero-order chi connectivity index (χ0) is 11.8. The number of esters is 1. The lowest BCUT2D eigenvalue weighted by molar-refractivity contribution is -0.137. The molecule has 7 heteroatoms. The summed E-state index contributed by atoms with van der Waals surface area (Å²) in [7, 11) is -0.626. The second-order valence-electron chi connectivity index (χ2n) is 2.67. The predicted molar refractivity (Wildman–Crippen MR) is 53.5 cm³/mol. The number of ether oxygens (including phenoxy) is 1. The van der Waals surface area contributed by atoms with Crippen LogP contribution in [0.5, 0.6) is 0 Å². The summed E-state index contributed by atoms with van der Waals surface area (Å²) in [4.78, 5) is 21.7. The van der Waals surface area contributed by atoms with Gasteiger partial charge in [0.1, 0.15) is 0 Å². The molecule has 0 aromatic heterocycles. The Kier molecular flexibility index (Phi) is 6.49. The molecule has 0 spiro atoms. The summed E-state index contributed by atoms with van der Waals surface area (Å²) >= 11 is 0. The maximum Gasteiger partial charge on any atom is 0.370 e. The van der Waals surface area contributed by atoms with Crippen LogP contribution >= 0.6 is 7.80 Å². The van der Waals surface area contributed by atoms with Crippen molar-refractivity contribution in [2.24, 2.45) is 5.73 Å². The lowest BCUT2D eigenvalue weighted by Gasteiger charge is -2.00. The minimum atomic E-state index is -1.80. The van der Waals surface area contributed by atoms with E-state index in [1.165, 1.54) is 13.2 Å². The number of carbonyl (C=O) groups excluding carboxylic acids is 2. The molecule has 0 saturated heterocycles. The number of carbonyl (C=O) groups is 2. The van der Waals surface area contributed by atoms with Gasteiger partial charge in [-0.3, -0.25) is 4.79 Å². The van der Waals surface area contributed by atoms with Gasteiger partial charge in [-0.25, -0.2) is 4.79 Å². The summed E-state index contributed by atoms with van der Waals surface area (Å²) in [6, 6.07) is 0. The lowest BCUT2D eigenvalue weighted by atomic mass is 10.2. The Morgan fingerprint density at radius 1 is 1.53 bits per heavy atom. The topological polar surface area (TPSA) is 107 Å². The van der Waals surface area contributed by atoms with Crippen LogP contribution in [0.15, 0.2) is 11.6 Å². The van der Waals surface area contributed by atoms with Gasteiger partial charge in [-0.05, 0) is 6.08 Å². The first-order chi connectivity index (χ1) is 7.01. The summed E-state index contributed by atoms with van der Waals surface area (Å²) in [5.74, 6) is -1.36. The van der Waals surface area contributed by atoms with Crippen molar-refractivity contribution in [3.05, 3.63) is 11.6 Å². The average molecular weight is 234 g/mol. The van der Waals surface area contributed by atoms with Crippen molar-refractivity contribution in [1.82, 2.24) is 0 Å². The number of aliphatic hydroxyl groups is 1. The highest BCUT2D eigenvalue weighted by Crippen LogP contribution is 2.19. The van der Waals surface area contributed by atoms with Crippen molar-refractivity contribution in [1.29, 1.82) is 0 Å². The number of allylic oxidation sites excluding steroid dienone is 1. The molecule has 6 nitrogen and oxygen atoms in total. The molecule has 15 heavy (non-hydrogen) atoms. The highest BCUT2D eigenvalue weighted by atomic mass is 31.1. The molecule has 1 atom stereocenters. The van der Waals surface area contributed by atoms with Gasteiger partial charge < -0.3 is 15.6 Å². The van der Waals surface area contributed by atoms with E-state index in [-0.39, 0.29) is 18.2 Å². The van der Waals surface area contributed by atoms with E-state index in [0.717, 1.165) is 0 Å². The maximum absolute atomic E-state index is 11.1. The third-order valence-corrected chi connectivity index (χ3v) is 2.42. The van der Waals surface area contributed by atoms with Crippen LogP contribution in [0.4, 0.5) is 0 Å². The van der Waals surface area contributed by atoms with Gasteiger partial charge in [0, 0.05) is 5.57 Å². The van der Waals surface area contributed by atoms with Crippen molar-refractivity contribution < 1.29 is 24.0 Å². The fourth-order valence-corrected chi connectivity index (χ4v) is 1.36. The van der Waals surface area contributed by atoms with Gasteiger partial charge in [-0.15, -0.1) is 0 Å². The first-order valence-corrected chi connectivity index (χ1v) is 5.72. The summed E-state index contributed by atoms with van der Waals surface area (Å²) in [6.45, 7) is 0. The Hall–Kier alpha value is -1.26. The minimum Gasteiger partial charge on any atom is -0.466 e. The molecular formula is C8H13NO5P+. The molecule has 0 rings (SSSR count). The van der Waals surface area contributed by atoms with Crippen LogP contribution < -0.4 is 5.73 Å². The fraction of sp³-hybridized carbons (Fsp3) is 0.500. The molecule has 1 amide bonds. The molecular weight excluding hydrogens is 221 g/mol. The van der Waals surface area contributed by atoms with Gasteiger partial charge in [0.25, 0.3) is 0 Å². The Morgan fingerprint density at radius 3 is 2.53 bits per heavy atom. The third-order valence-electron chi connectivity index (χ3n) is 1.51. The number of amides is 1. The first kappa shape index (κ1) is 13.7.